The van der Waals surface area contributed by atoms with Gasteiger partial charge in [-0.25, -0.2) is 0 Å². The highest BCUT2D eigenvalue weighted by atomic mass is 16.5. The summed E-state index contributed by atoms with van der Waals surface area (Å²) in [6, 6.07) is 15.9. The lowest BCUT2D eigenvalue weighted by atomic mass is 9.97. The topological polar surface area (TPSA) is 38.8 Å². The lowest BCUT2D eigenvalue weighted by Gasteiger charge is -2.22. The number of nitrogens with zero attached hydrogens (tertiary/aromatic N) is 1. The minimum atomic E-state index is 0.0260. The van der Waals surface area contributed by atoms with E-state index in [1.54, 1.807) is 32.4 Å². The Bertz CT molecular complexity index is 692. The van der Waals surface area contributed by atoms with E-state index in [0.717, 1.165) is 13.0 Å². The number of carbonyl (C=O) groups excluding carboxylic acids is 1. The largest absolute Gasteiger partial charge is 0.497 e. The summed E-state index contributed by atoms with van der Waals surface area (Å²) < 4.78 is 10.6. The smallest absolute Gasteiger partial charge is 0.254 e. The molecule has 1 heterocycles. The van der Waals surface area contributed by atoms with E-state index in [1.165, 1.54) is 5.56 Å². The summed E-state index contributed by atoms with van der Waals surface area (Å²) in [5.74, 6) is 1.67. The lowest BCUT2D eigenvalue weighted by Crippen LogP contribution is -2.33. The molecule has 0 spiro atoms. The zero-order valence-corrected chi connectivity index (χ0v) is 14.4. The van der Waals surface area contributed by atoms with Crippen LogP contribution in [0.1, 0.15) is 35.2 Å². The standard InChI is InChI=1S/C20H23NO3/c1-14-9-17(15-7-5-4-6-8-15)13-21(14)20(22)16-10-18(23-2)12-19(11-16)24-3/h4-8,10-12,14,17H,9,13H2,1-3H3. The molecule has 3 rings (SSSR count). The van der Waals surface area contributed by atoms with Gasteiger partial charge in [-0.3, -0.25) is 4.79 Å². The summed E-state index contributed by atoms with van der Waals surface area (Å²) in [4.78, 5) is 14.9. The first-order valence-corrected chi connectivity index (χ1v) is 8.21. The number of hydrogen-bond acceptors (Lipinski definition) is 3. The van der Waals surface area contributed by atoms with Gasteiger partial charge < -0.3 is 14.4 Å². The first-order chi connectivity index (χ1) is 11.6. The SMILES string of the molecule is COc1cc(OC)cc(C(=O)N2CC(c3ccccc3)CC2C)c1. The van der Waals surface area contributed by atoms with E-state index >= 15 is 0 Å². The fraction of sp³-hybridized carbons (Fsp3) is 0.350. The zero-order chi connectivity index (χ0) is 17.1. The molecule has 1 aliphatic rings. The van der Waals surface area contributed by atoms with Crippen LogP contribution < -0.4 is 9.47 Å². The second kappa shape index (κ2) is 6.95. The van der Waals surface area contributed by atoms with Crippen LogP contribution in [0.4, 0.5) is 0 Å². The molecule has 1 amide bonds. The lowest BCUT2D eigenvalue weighted by molar-refractivity contribution is 0.0745. The summed E-state index contributed by atoms with van der Waals surface area (Å²) in [5, 5.41) is 0. The van der Waals surface area contributed by atoms with E-state index in [1.807, 2.05) is 11.0 Å². The predicted octanol–water partition coefficient (Wildman–Crippen LogP) is 3.72. The summed E-state index contributed by atoms with van der Waals surface area (Å²) in [6.07, 6.45) is 0.983. The van der Waals surface area contributed by atoms with Crippen molar-refractivity contribution in [3.05, 3.63) is 59.7 Å². The minimum absolute atomic E-state index is 0.0260. The van der Waals surface area contributed by atoms with Gasteiger partial charge in [0.25, 0.3) is 5.91 Å². The summed E-state index contributed by atoms with van der Waals surface area (Å²) in [5.41, 5.74) is 1.90. The van der Waals surface area contributed by atoms with Crippen molar-refractivity contribution in [3.8, 4) is 11.5 Å². The fourth-order valence-electron chi connectivity index (χ4n) is 3.38. The Balaban J connectivity index is 1.83. The van der Waals surface area contributed by atoms with Crippen molar-refractivity contribution in [1.82, 2.24) is 4.90 Å². The quantitative estimate of drug-likeness (QED) is 0.860. The Labute approximate surface area is 143 Å². The molecule has 2 aromatic carbocycles. The molecule has 4 nitrogen and oxygen atoms in total. The van der Waals surface area contributed by atoms with Crippen LogP contribution in [0.2, 0.25) is 0 Å². The van der Waals surface area contributed by atoms with Crippen LogP contribution in [-0.2, 0) is 0 Å². The van der Waals surface area contributed by atoms with Crippen molar-refractivity contribution in [3.63, 3.8) is 0 Å². The molecule has 1 fully saturated rings. The van der Waals surface area contributed by atoms with Crippen molar-refractivity contribution in [2.24, 2.45) is 0 Å². The molecule has 24 heavy (non-hydrogen) atoms. The number of amides is 1. The zero-order valence-electron chi connectivity index (χ0n) is 14.4. The highest BCUT2D eigenvalue weighted by molar-refractivity contribution is 5.95. The van der Waals surface area contributed by atoms with Gasteiger partial charge in [-0.05, 0) is 31.0 Å². The third-order valence-corrected chi connectivity index (χ3v) is 4.71. The van der Waals surface area contributed by atoms with Gasteiger partial charge in [0.15, 0.2) is 0 Å². The molecular weight excluding hydrogens is 302 g/mol. The van der Waals surface area contributed by atoms with Gasteiger partial charge in [0.1, 0.15) is 11.5 Å². The molecule has 2 unspecified atom stereocenters. The average Bonchev–Trinajstić information content (AvgIpc) is 3.03. The summed E-state index contributed by atoms with van der Waals surface area (Å²) in [6.45, 7) is 2.85. The highest BCUT2D eigenvalue weighted by Gasteiger charge is 2.33. The second-order valence-corrected chi connectivity index (χ2v) is 6.25. The van der Waals surface area contributed by atoms with Gasteiger partial charge in [-0.1, -0.05) is 30.3 Å². The van der Waals surface area contributed by atoms with E-state index < -0.39 is 0 Å². The predicted molar refractivity (Wildman–Crippen MR) is 93.8 cm³/mol. The van der Waals surface area contributed by atoms with Crippen LogP contribution in [0.3, 0.4) is 0 Å². The van der Waals surface area contributed by atoms with Crippen LogP contribution in [0.5, 0.6) is 11.5 Å². The van der Waals surface area contributed by atoms with Gasteiger partial charge in [-0.15, -0.1) is 0 Å². The Hall–Kier alpha value is -2.49. The first-order valence-electron chi connectivity index (χ1n) is 8.21. The molecule has 0 bridgehead atoms. The maximum absolute atomic E-state index is 13.0. The number of carbonyl (C=O) groups is 1. The van der Waals surface area contributed by atoms with Crippen molar-refractivity contribution in [2.45, 2.75) is 25.3 Å². The van der Waals surface area contributed by atoms with E-state index in [4.69, 9.17) is 9.47 Å². The molecule has 0 aliphatic carbocycles. The molecule has 1 aliphatic heterocycles. The van der Waals surface area contributed by atoms with Crippen LogP contribution in [0.15, 0.2) is 48.5 Å². The molecular formula is C20H23NO3. The Kier molecular flexibility index (Phi) is 4.74. The van der Waals surface area contributed by atoms with E-state index in [2.05, 4.69) is 31.2 Å². The molecule has 0 radical (unpaired) electrons. The van der Waals surface area contributed by atoms with Crippen LogP contribution in [0, 0.1) is 0 Å². The molecule has 4 heteroatoms. The van der Waals surface area contributed by atoms with Gasteiger partial charge in [-0.2, -0.15) is 0 Å². The summed E-state index contributed by atoms with van der Waals surface area (Å²) >= 11 is 0. The van der Waals surface area contributed by atoms with Gasteiger partial charge in [0.2, 0.25) is 0 Å². The summed E-state index contributed by atoms with van der Waals surface area (Å²) in [7, 11) is 3.18. The number of ether oxygens (including phenoxy) is 2. The van der Waals surface area contributed by atoms with Gasteiger partial charge >= 0.3 is 0 Å². The molecule has 2 aromatic rings. The van der Waals surface area contributed by atoms with Crippen molar-refractivity contribution in [2.75, 3.05) is 20.8 Å². The van der Waals surface area contributed by atoms with Crippen LogP contribution in [0.25, 0.3) is 0 Å². The Morgan fingerprint density at radius 3 is 2.25 bits per heavy atom. The Morgan fingerprint density at radius 2 is 1.67 bits per heavy atom. The molecule has 0 saturated carbocycles. The highest BCUT2D eigenvalue weighted by Crippen LogP contribution is 2.33. The van der Waals surface area contributed by atoms with E-state index in [9.17, 15) is 4.79 Å². The number of benzene rings is 2. The van der Waals surface area contributed by atoms with Crippen molar-refractivity contribution < 1.29 is 14.3 Å². The van der Waals surface area contributed by atoms with E-state index in [0.29, 0.717) is 23.0 Å². The van der Waals surface area contributed by atoms with Gasteiger partial charge in [0, 0.05) is 30.1 Å². The van der Waals surface area contributed by atoms with Gasteiger partial charge in [0.05, 0.1) is 14.2 Å². The normalized spacial score (nSPS) is 20.0. The van der Waals surface area contributed by atoms with Crippen molar-refractivity contribution >= 4 is 5.91 Å². The number of methoxy groups -OCH3 is 2. The third kappa shape index (κ3) is 3.23. The number of likely N-dealkylation sites (tertiary alicyclic amines) is 1. The van der Waals surface area contributed by atoms with Crippen molar-refractivity contribution in [1.29, 1.82) is 0 Å². The average molecular weight is 325 g/mol. The molecule has 0 aromatic heterocycles. The minimum Gasteiger partial charge on any atom is -0.497 e. The fourth-order valence-corrected chi connectivity index (χ4v) is 3.38. The molecule has 1 saturated heterocycles. The molecule has 0 N–H and O–H groups in total. The molecule has 2 atom stereocenters. The first kappa shape index (κ1) is 16.4. The maximum atomic E-state index is 13.0. The number of hydrogen-bond donors (Lipinski definition) is 0. The van der Waals surface area contributed by atoms with Crippen LogP contribution >= 0.6 is 0 Å². The third-order valence-electron chi connectivity index (χ3n) is 4.71. The van der Waals surface area contributed by atoms with E-state index in [-0.39, 0.29) is 11.9 Å². The maximum Gasteiger partial charge on any atom is 0.254 e. The second-order valence-electron chi connectivity index (χ2n) is 6.25. The number of rotatable bonds is 4. The monoisotopic (exact) mass is 325 g/mol. The Morgan fingerprint density at radius 1 is 1.04 bits per heavy atom. The van der Waals surface area contributed by atoms with Crippen LogP contribution in [-0.4, -0.2) is 37.6 Å². The molecule has 126 valence electrons.